The Morgan fingerprint density at radius 2 is 1.70 bits per heavy atom. The number of aromatic amines is 1. The van der Waals surface area contributed by atoms with Crippen LogP contribution in [-0.2, 0) is 30.6 Å². The molecule has 53 heavy (non-hydrogen) atoms. The molecule has 3 heterocycles. The molecule has 12 nitrogen and oxygen atoms in total. The number of nitrogens with zero attached hydrogens (tertiary/aromatic N) is 1. The lowest BCUT2D eigenvalue weighted by molar-refractivity contribution is -0.137. The fourth-order valence-corrected chi connectivity index (χ4v) is 12.0. The van der Waals surface area contributed by atoms with E-state index in [1.165, 1.54) is 55.3 Å². The third-order valence-electron chi connectivity index (χ3n) is 10.5. The number of benzene rings is 3. The molecule has 4 aromatic rings. The summed E-state index contributed by atoms with van der Waals surface area (Å²) in [6.45, 7) is -0.419. The molecule has 2 aliphatic carbocycles. The molecule has 2 bridgehead atoms. The Morgan fingerprint density at radius 3 is 2.38 bits per heavy atom. The van der Waals surface area contributed by atoms with E-state index in [1.54, 1.807) is 18.2 Å². The Bertz CT molecular complexity index is 2350. The highest BCUT2D eigenvalue weighted by molar-refractivity contribution is 8.00. The second kappa shape index (κ2) is 12.7. The SMILES string of the molecule is COc1cc([C@H]2c3sc(=O)[nH]c3SC3C4CC(C5C(=O)N(c6ccccc6C(F)(F)F)C(=O)C45)C32)ccc1OCC(=O)Nc1ccc(S(N)(=O)=O)cc1. The maximum Gasteiger partial charge on any atom is 0.418 e. The smallest absolute Gasteiger partial charge is 0.418 e. The predicted octanol–water partition coefficient (Wildman–Crippen LogP) is 4.81. The van der Waals surface area contributed by atoms with Gasteiger partial charge in [0.2, 0.25) is 21.8 Å². The topological polar surface area (TPSA) is 178 Å². The van der Waals surface area contributed by atoms with Crippen LogP contribution >= 0.6 is 23.1 Å². The van der Waals surface area contributed by atoms with E-state index in [1.807, 2.05) is 0 Å². The molecule has 0 spiro atoms. The number of anilines is 2. The van der Waals surface area contributed by atoms with Gasteiger partial charge < -0.3 is 19.8 Å². The average molecular weight is 787 g/mol. The zero-order valence-electron chi connectivity index (χ0n) is 27.5. The Hall–Kier alpha value is -4.65. The first-order valence-electron chi connectivity index (χ1n) is 16.3. The molecule has 1 aromatic heterocycles. The van der Waals surface area contributed by atoms with Crippen molar-refractivity contribution >= 4 is 62.2 Å². The first-order chi connectivity index (χ1) is 25.2. The molecule has 3 fully saturated rings. The number of halogens is 3. The lowest BCUT2D eigenvalue weighted by Gasteiger charge is -2.43. The third kappa shape index (κ3) is 5.91. The van der Waals surface area contributed by atoms with Gasteiger partial charge in [0.25, 0.3) is 5.91 Å². The number of hydrogen-bond donors (Lipinski definition) is 3. The fourth-order valence-electron chi connectivity index (χ4n) is 8.60. The summed E-state index contributed by atoms with van der Waals surface area (Å²) in [5.74, 6) is -4.17. The Morgan fingerprint density at radius 1 is 1.00 bits per heavy atom. The van der Waals surface area contributed by atoms with E-state index in [-0.39, 0.29) is 44.3 Å². The van der Waals surface area contributed by atoms with Crippen molar-refractivity contribution in [1.82, 2.24) is 4.98 Å². The first kappa shape index (κ1) is 35.4. The first-order valence-corrected chi connectivity index (χ1v) is 19.6. The van der Waals surface area contributed by atoms with Crippen LogP contribution in [0.15, 0.2) is 81.4 Å². The molecule has 3 amide bonds. The standard InChI is InChI=1S/C35H29F3N4O8S3/c1-49-23-12-15(6-11-22(23)50-14-24(43)40-16-7-9-17(10-8-16)53(39,47)48)25-26-18-13-19(29(26)51-31-30(25)52-34(46)41-31)28-27(18)32(44)42(33(28)45)21-5-3-2-4-20(21)35(36,37)38/h2-12,18-19,25-29H,13-14H2,1H3,(H,40,43)(H,41,46)(H2,39,47,48)/t18?,19?,25-,26?,27?,28?,29?/m1/s1. The molecule has 3 aromatic carbocycles. The summed E-state index contributed by atoms with van der Waals surface area (Å²) < 4.78 is 76.5. The van der Waals surface area contributed by atoms with Crippen LogP contribution in [0.4, 0.5) is 24.5 Å². The van der Waals surface area contributed by atoms with Gasteiger partial charge >= 0.3 is 11.0 Å². The van der Waals surface area contributed by atoms with Crippen LogP contribution < -0.4 is 29.7 Å². The number of nitrogens with two attached hydrogens (primary N) is 1. The van der Waals surface area contributed by atoms with Crippen molar-refractivity contribution in [2.24, 2.45) is 34.7 Å². The number of carbonyl (C=O) groups excluding carboxylic acids is 3. The molecule has 7 atom stereocenters. The highest BCUT2D eigenvalue weighted by atomic mass is 32.2. The summed E-state index contributed by atoms with van der Waals surface area (Å²) in [4.78, 5) is 57.4. The average Bonchev–Trinajstić information content (AvgIpc) is 3.85. The van der Waals surface area contributed by atoms with Crippen LogP contribution in [0, 0.1) is 29.6 Å². The molecule has 4 aliphatic rings. The monoisotopic (exact) mass is 786 g/mol. The minimum atomic E-state index is -4.77. The number of imide groups is 1. The van der Waals surface area contributed by atoms with E-state index in [0.717, 1.165) is 38.8 Å². The Labute approximate surface area is 307 Å². The number of para-hydroxylation sites is 1. The van der Waals surface area contributed by atoms with Crippen molar-refractivity contribution in [3.05, 3.63) is 92.4 Å². The number of thioether (sulfide) groups is 1. The molecule has 8 rings (SSSR count). The van der Waals surface area contributed by atoms with Gasteiger partial charge in [0, 0.05) is 21.7 Å². The van der Waals surface area contributed by atoms with Crippen LogP contribution in [0.2, 0.25) is 0 Å². The number of amides is 3. The maximum atomic E-state index is 14.1. The fraction of sp³-hybridized carbons (Fsp3) is 0.314. The van der Waals surface area contributed by atoms with E-state index in [2.05, 4.69) is 10.3 Å². The van der Waals surface area contributed by atoms with E-state index < -0.39 is 69.5 Å². The molecular formula is C35H29F3N4O8S3. The van der Waals surface area contributed by atoms with Gasteiger partial charge in [-0.3, -0.25) is 19.2 Å². The van der Waals surface area contributed by atoms with Crippen molar-refractivity contribution in [2.45, 2.75) is 33.7 Å². The van der Waals surface area contributed by atoms with Gasteiger partial charge in [-0.1, -0.05) is 29.5 Å². The van der Waals surface area contributed by atoms with Crippen LogP contribution in [0.5, 0.6) is 11.5 Å². The molecule has 2 aliphatic heterocycles. The van der Waals surface area contributed by atoms with E-state index in [4.69, 9.17) is 14.6 Å². The van der Waals surface area contributed by atoms with Gasteiger partial charge in [0.15, 0.2) is 18.1 Å². The van der Waals surface area contributed by atoms with Crippen LogP contribution in [0.25, 0.3) is 0 Å². The van der Waals surface area contributed by atoms with E-state index in [0.29, 0.717) is 17.1 Å². The second-order valence-electron chi connectivity index (χ2n) is 13.3. The summed E-state index contributed by atoms with van der Waals surface area (Å²) in [7, 11) is -2.47. The number of sulfonamides is 1. The van der Waals surface area contributed by atoms with E-state index in [9.17, 15) is 40.8 Å². The van der Waals surface area contributed by atoms with Crippen LogP contribution in [0.3, 0.4) is 0 Å². The molecule has 276 valence electrons. The highest BCUT2D eigenvalue weighted by Gasteiger charge is 2.70. The van der Waals surface area contributed by atoms with Gasteiger partial charge in [-0.05, 0) is 78.3 Å². The van der Waals surface area contributed by atoms with Crippen molar-refractivity contribution in [1.29, 1.82) is 0 Å². The van der Waals surface area contributed by atoms with Crippen molar-refractivity contribution in [3.8, 4) is 11.5 Å². The molecule has 6 unspecified atom stereocenters. The van der Waals surface area contributed by atoms with Crippen molar-refractivity contribution in [2.75, 3.05) is 23.9 Å². The molecule has 4 N–H and O–H groups in total. The summed E-state index contributed by atoms with van der Waals surface area (Å²) >= 11 is 2.50. The van der Waals surface area contributed by atoms with Crippen molar-refractivity contribution < 1.29 is 45.4 Å². The molecule has 2 saturated carbocycles. The maximum absolute atomic E-state index is 14.1. The van der Waals surface area contributed by atoms with Gasteiger partial charge in [-0.25, -0.2) is 18.5 Å². The zero-order valence-corrected chi connectivity index (χ0v) is 29.9. The number of nitrogens with one attached hydrogen (secondary N) is 2. The molecular weight excluding hydrogens is 758 g/mol. The number of ether oxygens (including phenoxy) is 2. The number of aromatic nitrogens is 1. The lowest BCUT2D eigenvalue weighted by Crippen LogP contribution is -2.42. The largest absolute Gasteiger partial charge is 0.493 e. The molecule has 1 saturated heterocycles. The number of methoxy groups -OCH3 is 1. The number of thiazole rings is 1. The summed E-state index contributed by atoms with van der Waals surface area (Å²) in [5.41, 5.74) is -0.458. The number of alkyl halides is 3. The van der Waals surface area contributed by atoms with Gasteiger partial charge in [-0.2, -0.15) is 13.2 Å². The van der Waals surface area contributed by atoms with Crippen molar-refractivity contribution in [3.63, 3.8) is 0 Å². The normalized spacial score (nSPS) is 25.9. The van der Waals surface area contributed by atoms with E-state index >= 15 is 0 Å². The highest BCUT2D eigenvalue weighted by Crippen LogP contribution is 2.69. The van der Waals surface area contributed by atoms with Gasteiger partial charge in [0.1, 0.15) is 0 Å². The second-order valence-corrected chi connectivity index (χ2v) is 17.1. The van der Waals surface area contributed by atoms with Crippen LogP contribution in [0.1, 0.15) is 28.3 Å². The number of hydrogen-bond acceptors (Lipinski definition) is 10. The number of primary sulfonamides is 1. The number of H-pyrrole nitrogens is 1. The number of rotatable bonds is 8. The lowest BCUT2D eigenvalue weighted by atomic mass is 9.68. The minimum absolute atomic E-state index is 0.110. The predicted molar refractivity (Wildman–Crippen MR) is 187 cm³/mol. The summed E-state index contributed by atoms with van der Waals surface area (Å²) in [6, 6.07) is 15.1. The van der Waals surface area contributed by atoms with Gasteiger partial charge in [-0.15, -0.1) is 11.8 Å². The minimum Gasteiger partial charge on any atom is -0.493 e. The third-order valence-corrected chi connectivity index (χ3v) is 14.1. The summed E-state index contributed by atoms with van der Waals surface area (Å²) in [6.07, 6.45) is -4.23. The Balaban J connectivity index is 1.07. The molecule has 0 radical (unpaired) electrons. The summed E-state index contributed by atoms with van der Waals surface area (Å²) in [5, 5.41) is 8.18. The molecule has 18 heteroatoms. The number of carbonyl (C=O) groups is 3. The van der Waals surface area contributed by atoms with Crippen LogP contribution in [-0.4, -0.2) is 50.1 Å². The number of fused-ring (bicyclic) bond motifs is 9. The zero-order chi connectivity index (χ0) is 37.6. The Kier molecular flexibility index (Phi) is 8.51. The quantitative estimate of drug-likeness (QED) is 0.212. The van der Waals surface area contributed by atoms with Gasteiger partial charge in [0.05, 0.1) is 40.1 Å².